The number of nitrogens with zero attached hydrogens (tertiary/aromatic N) is 2. The third kappa shape index (κ3) is 9.16. The fourth-order valence-corrected chi connectivity index (χ4v) is 3.24. The van der Waals surface area contributed by atoms with E-state index in [0.29, 0.717) is 0 Å². The van der Waals surface area contributed by atoms with Gasteiger partial charge in [0, 0.05) is 0 Å². The van der Waals surface area contributed by atoms with Crippen molar-refractivity contribution in [1.82, 2.24) is 0 Å². The molecule has 152 valence electrons. The Balaban J connectivity index is 1.59. The summed E-state index contributed by atoms with van der Waals surface area (Å²) < 4.78 is 5.95. The fourth-order valence-electron chi connectivity index (χ4n) is 3.24. The molecule has 0 heterocycles. The van der Waals surface area contributed by atoms with Crippen molar-refractivity contribution in [3.05, 3.63) is 54.1 Å². The Hall–Kier alpha value is -2.16. The SMILES string of the molecule is CCCCCCCCCCCCOc1ccc(N=Nc2ccccc2)cc1C. The molecule has 0 amide bonds. The van der Waals surface area contributed by atoms with Crippen LogP contribution in [0.1, 0.15) is 76.7 Å². The maximum absolute atomic E-state index is 5.95. The maximum atomic E-state index is 5.95. The Bertz CT molecular complexity index is 682. The Kier molecular flexibility index (Phi) is 11.0. The van der Waals surface area contributed by atoms with Crippen LogP contribution in [0.3, 0.4) is 0 Å². The van der Waals surface area contributed by atoms with Gasteiger partial charge in [-0.15, -0.1) is 0 Å². The molecular weight excluding hydrogens is 344 g/mol. The van der Waals surface area contributed by atoms with Gasteiger partial charge in [0.25, 0.3) is 0 Å². The molecule has 0 bridgehead atoms. The second-order valence-electron chi connectivity index (χ2n) is 7.52. The van der Waals surface area contributed by atoms with Crippen LogP contribution in [0.15, 0.2) is 58.8 Å². The molecule has 3 heteroatoms. The van der Waals surface area contributed by atoms with Crippen molar-refractivity contribution in [2.45, 2.75) is 78.1 Å². The number of hydrogen-bond donors (Lipinski definition) is 0. The lowest BCUT2D eigenvalue weighted by Crippen LogP contribution is -1.98. The normalized spacial score (nSPS) is 11.2. The number of benzene rings is 2. The van der Waals surface area contributed by atoms with E-state index in [0.717, 1.165) is 35.7 Å². The minimum Gasteiger partial charge on any atom is -0.493 e. The summed E-state index contributed by atoms with van der Waals surface area (Å²) in [5, 5.41) is 8.57. The fraction of sp³-hybridized carbons (Fsp3) is 0.520. The van der Waals surface area contributed by atoms with E-state index in [1.807, 2.05) is 48.5 Å². The molecule has 0 N–H and O–H groups in total. The quantitative estimate of drug-likeness (QED) is 0.238. The highest BCUT2D eigenvalue weighted by molar-refractivity contribution is 5.47. The first-order valence-electron chi connectivity index (χ1n) is 11.0. The van der Waals surface area contributed by atoms with E-state index in [1.165, 1.54) is 57.8 Å². The van der Waals surface area contributed by atoms with Crippen molar-refractivity contribution < 1.29 is 4.74 Å². The molecule has 0 fully saturated rings. The highest BCUT2D eigenvalue weighted by Crippen LogP contribution is 2.25. The van der Waals surface area contributed by atoms with Gasteiger partial charge < -0.3 is 4.74 Å². The molecule has 0 atom stereocenters. The maximum Gasteiger partial charge on any atom is 0.122 e. The average molecular weight is 381 g/mol. The molecule has 0 spiro atoms. The first kappa shape index (κ1) is 22.1. The van der Waals surface area contributed by atoms with Gasteiger partial charge in [-0.3, -0.25) is 0 Å². The van der Waals surface area contributed by atoms with E-state index in [1.54, 1.807) is 0 Å². The molecule has 0 saturated heterocycles. The zero-order valence-corrected chi connectivity index (χ0v) is 17.7. The van der Waals surface area contributed by atoms with Crippen molar-refractivity contribution in [3.63, 3.8) is 0 Å². The average Bonchev–Trinajstić information content (AvgIpc) is 2.72. The lowest BCUT2D eigenvalue weighted by molar-refractivity contribution is 0.302. The third-order valence-electron chi connectivity index (χ3n) is 4.95. The van der Waals surface area contributed by atoms with E-state index in [-0.39, 0.29) is 0 Å². The van der Waals surface area contributed by atoms with Crippen LogP contribution >= 0.6 is 0 Å². The molecule has 2 aromatic rings. The number of hydrogen-bond acceptors (Lipinski definition) is 3. The molecule has 3 nitrogen and oxygen atoms in total. The van der Waals surface area contributed by atoms with E-state index in [9.17, 15) is 0 Å². The predicted octanol–water partition coefficient (Wildman–Crippen LogP) is 8.71. The van der Waals surface area contributed by atoms with Gasteiger partial charge in [-0.25, -0.2) is 0 Å². The minimum atomic E-state index is 0.794. The molecule has 0 aliphatic carbocycles. The standard InChI is InChI=1S/C25H36N2O/c1-3-4-5-6-7-8-9-10-11-15-20-28-25-19-18-24(21-22(25)2)27-26-23-16-13-12-14-17-23/h12-14,16-19,21H,3-11,15,20H2,1-2H3. The minimum absolute atomic E-state index is 0.794. The largest absolute Gasteiger partial charge is 0.493 e. The van der Waals surface area contributed by atoms with E-state index >= 15 is 0 Å². The van der Waals surface area contributed by atoms with Crippen molar-refractivity contribution in [2.24, 2.45) is 10.2 Å². The summed E-state index contributed by atoms with van der Waals surface area (Å²) in [5.74, 6) is 0.953. The topological polar surface area (TPSA) is 34.0 Å². The Labute approximate surface area is 171 Å². The molecule has 0 saturated carbocycles. The second kappa shape index (κ2) is 13.9. The summed E-state index contributed by atoms with van der Waals surface area (Å²) in [6.07, 6.45) is 13.4. The summed E-state index contributed by atoms with van der Waals surface area (Å²) in [4.78, 5) is 0. The van der Waals surface area contributed by atoms with Crippen LogP contribution in [-0.4, -0.2) is 6.61 Å². The van der Waals surface area contributed by atoms with Crippen molar-refractivity contribution in [2.75, 3.05) is 6.61 Å². The lowest BCUT2D eigenvalue weighted by Gasteiger charge is -2.09. The number of azo groups is 1. The number of aryl methyl sites for hydroxylation is 1. The summed E-state index contributed by atoms with van der Waals surface area (Å²) in [6.45, 7) is 5.13. The van der Waals surface area contributed by atoms with Gasteiger partial charge in [-0.1, -0.05) is 82.9 Å². The summed E-state index contributed by atoms with van der Waals surface area (Å²) in [5.41, 5.74) is 2.82. The second-order valence-corrected chi connectivity index (χ2v) is 7.52. The molecule has 0 aliphatic rings. The van der Waals surface area contributed by atoms with Crippen LogP contribution in [0, 0.1) is 6.92 Å². The monoisotopic (exact) mass is 380 g/mol. The van der Waals surface area contributed by atoms with Crippen molar-refractivity contribution in [3.8, 4) is 5.75 Å². The molecule has 2 rings (SSSR count). The van der Waals surface area contributed by atoms with Gasteiger partial charge in [0.1, 0.15) is 5.75 Å². The van der Waals surface area contributed by atoms with Crippen LogP contribution in [0.5, 0.6) is 5.75 Å². The van der Waals surface area contributed by atoms with E-state index in [2.05, 4.69) is 24.1 Å². The van der Waals surface area contributed by atoms with Gasteiger partial charge in [-0.2, -0.15) is 10.2 Å². The Morgan fingerprint density at radius 3 is 1.93 bits per heavy atom. The van der Waals surface area contributed by atoms with Crippen LogP contribution in [-0.2, 0) is 0 Å². The zero-order chi connectivity index (χ0) is 19.9. The van der Waals surface area contributed by atoms with Gasteiger partial charge in [0.05, 0.1) is 18.0 Å². The smallest absolute Gasteiger partial charge is 0.122 e. The third-order valence-corrected chi connectivity index (χ3v) is 4.95. The first-order chi connectivity index (χ1) is 13.8. The van der Waals surface area contributed by atoms with Crippen LogP contribution in [0.2, 0.25) is 0 Å². The summed E-state index contributed by atoms with van der Waals surface area (Å²) in [6, 6.07) is 15.8. The highest BCUT2D eigenvalue weighted by Gasteiger charge is 2.01. The van der Waals surface area contributed by atoms with Crippen LogP contribution in [0.4, 0.5) is 11.4 Å². The van der Waals surface area contributed by atoms with Gasteiger partial charge in [-0.05, 0) is 49.2 Å². The molecule has 0 aromatic heterocycles. The van der Waals surface area contributed by atoms with Crippen molar-refractivity contribution >= 4 is 11.4 Å². The Morgan fingerprint density at radius 2 is 1.29 bits per heavy atom. The van der Waals surface area contributed by atoms with Crippen LogP contribution < -0.4 is 4.74 Å². The van der Waals surface area contributed by atoms with Gasteiger partial charge in [0.15, 0.2) is 0 Å². The number of unbranched alkanes of at least 4 members (excludes halogenated alkanes) is 9. The molecule has 0 radical (unpaired) electrons. The highest BCUT2D eigenvalue weighted by atomic mass is 16.5. The molecular formula is C25H36N2O. The van der Waals surface area contributed by atoms with Crippen LogP contribution in [0.25, 0.3) is 0 Å². The molecule has 0 aliphatic heterocycles. The number of ether oxygens (including phenoxy) is 1. The number of rotatable bonds is 14. The first-order valence-corrected chi connectivity index (χ1v) is 11.0. The van der Waals surface area contributed by atoms with E-state index < -0.39 is 0 Å². The summed E-state index contributed by atoms with van der Waals surface area (Å²) in [7, 11) is 0. The molecule has 0 unspecified atom stereocenters. The predicted molar refractivity (Wildman–Crippen MR) is 119 cm³/mol. The Morgan fingerprint density at radius 1 is 0.679 bits per heavy atom. The van der Waals surface area contributed by atoms with E-state index in [4.69, 9.17) is 4.74 Å². The molecule has 2 aromatic carbocycles. The molecule has 28 heavy (non-hydrogen) atoms. The zero-order valence-electron chi connectivity index (χ0n) is 17.7. The summed E-state index contributed by atoms with van der Waals surface area (Å²) >= 11 is 0. The van der Waals surface area contributed by atoms with Crippen molar-refractivity contribution in [1.29, 1.82) is 0 Å². The van der Waals surface area contributed by atoms with Gasteiger partial charge >= 0.3 is 0 Å². The van der Waals surface area contributed by atoms with Gasteiger partial charge in [0.2, 0.25) is 0 Å². The lowest BCUT2D eigenvalue weighted by atomic mass is 10.1.